The number of carbonyl (C=O) groups excluding carboxylic acids is 2. The van der Waals surface area contributed by atoms with Crippen LogP contribution in [0.2, 0.25) is 0 Å². The van der Waals surface area contributed by atoms with Crippen molar-refractivity contribution in [3.05, 3.63) is 33.1 Å². The van der Waals surface area contributed by atoms with Crippen LogP contribution in [-0.4, -0.2) is 40.3 Å². The van der Waals surface area contributed by atoms with E-state index in [-0.39, 0.29) is 11.4 Å². The number of ether oxygens (including phenoxy) is 1. The Balaban J connectivity index is 2.19. The predicted octanol–water partition coefficient (Wildman–Crippen LogP) is 2.58. The van der Waals surface area contributed by atoms with Crippen molar-refractivity contribution in [3.8, 4) is 18.1 Å². The molecule has 0 aromatic heterocycles. The Morgan fingerprint density at radius 3 is 2.83 bits per heavy atom. The number of aliphatic carboxylic acids is 1. The molecular formula is C15H10BrNO5S. The normalized spacial score (nSPS) is 15.8. The van der Waals surface area contributed by atoms with Crippen LogP contribution in [0.4, 0.5) is 4.79 Å². The summed E-state index contributed by atoms with van der Waals surface area (Å²) in [5.74, 6) is 1.12. The van der Waals surface area contributed by atoms with Crippen molar-refractivity contribution in [2.24, 2.45) is 0 Å². The minimum atomic E-state index is -1.08. The number of halogens is 1. The van der Waals surface area contributed by atoms with Crippen molar-refractivity contribution in [3.63, 3.8) is 0 Å². The number of hydrogen-bond donors (Lipinski definition) is 1. The highest BCUT2D eigenvalue weighted by atomic mass is 79.9. The third-order valence-corrected chi connectivity index (χ3v) is 4.25. The first-order chi connectivity index (χ1) is 10.9. The van der Waals surface area contributed by atoms with E-state index >= 15 is 0 Å². The van der Waals surface area contributed by atoms with E-state index in [4.69, 9.17) is 16.3 Å². The van der Waals surface area contributed by atoms with Crippen molar-refractivity contribution < 1.29 is 24.2 Å². The Morgan fingerprint density at radius 2 is 2.22 bits per heavy atom. The van der Waals surface area contributed by atoms with E-state index in [1.807, 2.05) is 0 Å². The largest absolute Gasteiger partial charge is 0.481 e. The zero-order valence-corrected chi connectivity index (χ0v) is 14.0. The molecule has 0 bridgehead atoms. The van der Waals surface area contributed by atoms with Gasteiger partial charge in [0.1, 0.15) is 5.75 Å². The number of hydrogen-bond acceptors (Lipinski definition) is 5. The van der Waals surface area contributed by atoms with Gasteiger partial charge in [0.2, 0.25) is 0 Å². The summed E-state index contributed by atoms with van der Waals surface area (Å²) < 4.78 is 5.62. The lowest BCUT2D eigenvalue weighted by atomic mass is 10.2. The van der Waals surface area contributed by atoms with Gasteiger partial charge in [0.15, 0.2) is 6.61 Å². The first-order valence-electron chi connectivity index (χ1n) is 6.25. The third-order valence-electron chi connectivity index (χ3n) is 2.73. The maximum absolute atomic E-state index is 12.1. The minimum absolute atomic E-state index is 0.0618. The zero-order chi connectivity index (χ0) is 17.0. The number of terminal acetylenes is 1. The summed E-state index contributed by atoms with van der Waals surface area (Å²) in [5, 5.41) is 8.19. The lowest BCUT2D eigenvalue weighted by Gasteiger charge is -2.07. The molecular weight excluding hydrogens is 386 g/mol. The zero-order valence-electron chi connectivity index (χ0n) is 11.6. The number of carboxylic acids is 1. The number of nitrogens with zero attached hydrogens (tertiary/aromatic N) is 1. The minimum Gasteiger partial charge on any atom is -0.481 e. The molecule has 0 spiro atoms. The van der Waals surface area contributed by atoms with Gasteiger partial charge in [-0.25, -0.2) is 4.79 Å². The summed E-state index contributed by atoms with van der Waals surface area (Å²) in [4.78, 5) is 35.5. The number of amides is 2. The Hall–Kier alpha value is -2.24. The molecule has 1 saturated heterocycles. The molecule has 0 aliphatic carbocycles. The number of rotatable bonds is 5. The fourth-order valence-corrected chi connectivity index (χ4v) is 3.09. The summed E-state index contributed by atoms with van der Waals surface area (Å²) in [6.07, 6.45) is 6.69. The highest BCUT2D eigenvalue weighted by molar-refractivity contribution is 9.10. The van der Waals surface area contributed by atoms with Crippen LogP contribution in [-0.2, 0) is 9.59 Å². The van der Waals surface area contributed by atoms with E-state index in [2.05, 4.69) is 21.9 Å². The fourth-order valence-electron chi connectivity index (χ4n) is 1.74. The molecule has 1 fully saturated rings. The smallest absolute Gasteiger partial charge is 0.341 e. The molecule has 6 nitrogen and oxygen atoms in total. The van der Waals surface area contributed by atoms with Gasteiger partial charge in [0.05, 0.1) is 15.9 Å². The average Bonchev–Trinajstić information content (AvgIpc) is 2.74. The molecule has 2 rings (SSSR count). The van der Waals surface area contributed by atoms with Crippen LogP contribution in [0, 0.1) is 12.3 Å². The molecule has 0 unspecified atom stereocenters. The van der Waals surface area contributed by atoms with Gasteiger partial charge in [0, 0.05) is 0 Å². The first-order valence-corrected chi connectivity index (χ1v) is 7.86. The van der Waals surface area contributed by atoms with Crippen LogP contribution in [0.5, 0.6) is 5.75 Å². The number of thioether (sulfide) groups is 1. The highest BCUT2D eigenvalue weighted by Gasteiger charge is 2.34. The van der Waals surface area contributed by atoms with Crippen molar-refractivity contribution in [1.29, 1.82) is 0 Å². The van der Waals surface area contributed by atoms with E-state index in [9.17, 15) is 14.4 Å². The molecule has 0 saturated carbocycles. The van der Waals surface area contributed by atoms with Gasteiger partial charge in [-0.05, 0) is 51.5 Å². The first kappa shape index (κ1) is 17.1. The van der Waals surface area contributed by atoms with Crippen LogP contribution in [0.1, 0.15) is 5.56 Å². The quantitative estimate of drug-likeness (QED) is 0.609. The second-order valence-electron chi connectivity index (χ2n) is 4.34. The van der Waals surface area contributed by atoms with Crippen molar-refractivity contribution >= 4 is 50.9 Å². The Morgan fingerprint density at radius 1 is 1.48 bits per heavy atom. The van der Waals surface area contributed by atoms with E-state index in [0.29, 0.717) is 15.8 Å². The number of imide groups is 1. The summed E-state index contributed by atoms with van der Waals surface area (Å²) in [7, 11) is 0. The highest BCUT2D eigenvalue weighted by Crippen LogP contribution is 2.33. The Labute approximate surface area is 144 Å². The number of carboxylic acid groups (broad SMARTS) is 1. The molecule has 1 aliphatic heterocycles. The third kappa shape index (κ3) is 4.15. The molecule has 0 radical (unpaired) electrons. The van der Waals surface area contributed by atoms with Gasteiger partial charge in [-0.15, -0.1) is 6.42 Å². The van der Waals surface area contributed by atoms with Crippen molar-refractivity contribution in [2.75, 3.05) is 13.2 Å². The molecule has 23 heavy (non-hydrogen) atoms. The number of benzene rings is 1. The van der Waals surface area contributed by atoms with Crippen molar-refractivity contribution in [1.82, 2.24) is 4.90 Å². The molecule has 0 atom stereocenters. The Bertz CT molecular complexity index is 753. The summed E-state index contributed by atoms with van der Waals surface area (Å²) in [5.41, 5.74) is 0.658. The fraction of sp³-hybridized carbons (Fsp3) is 0.133. The van der Waals surface area contributed by atoms with Crippen LogP contribution >= 0.6 is 27.7 Å². The van der Waals surface area contributed by atoms with Gasteiger partial charge >= 0.3 is 5.97 Å². The molecule has 1 aliphatic rings. The monoisotopic (exact) mass is 395 g/mol. The maximum atomic E-state index is 12.1. The number of carbonyl (C=O) groups is 3. The van der Waals surface area contributed by atoms with E-state index < -0.39 is 23.7 Å². The van der Waals surface area contributed by atoms with Gasteiger partial charge in [-0.1, -0.05) is 12.0 Å². The van der Waals surface area contributed by atoms with Crippen LogP contribution in [0.15, 0.2) is 27.6 Å². The lowest BCUT2D eigenvalue weighted by molar-refractivity contribution is -0.139. The average molecular weight is 396 g/mol. The van der Waals surface area contributed by atoms with E-state index in [0.717, 1.165) is 16.7 Å². The molecule has 118 valence electrons. The molecule has 8 heteroatoms. The lowest BCUT2D eigenvalue weighted by Crippen LogP contribution is -2.28. The predicted molar refractivity (Wildman–Crippen MR) is 88.8 cm³/mol. The summed E-state index contributed by atoms with van der Waals surface area (Å²) in [6, 6.07) is 4.88. The van der Waals surface area contributed by atoms with Gasteiger partial charge in [-0.2, -0.15) is 0 Å². The molecule has 2 amide bonds. The van der Waals surface area contributed by atoms with E-state index in [1.54, 1.807) is 24.3 Å². The van der Waals surface area contributed by atoms with E-state index in [1.165, 1.54) is 0 Å². The standard InChI is InChI=1S/C15H10BrNO5S/c1-2-5-17-14(20)12(23-15(17)21)7-9-3-4-11(10(16)6-9)22-8-13(18)19/h1,3-4,6-7H,5,8H2,(H,18,19). The SMILES string of the molecule is C#CCN1C(=O)SC(=Cc2ccc(OCC(=O)O)c(Br)c2)C1=O. The summed E-state index contributed by atoms with van der Waals surface area (Å²) in [6.45, 7) is -0.517. The van der Waals surface area contributed by atoms with Gasteiger partial charge in [-0.3, -0.25) is 14.5 Å². The summed E-state index contributed by atoms with van der Waals surface area (Å²) >= 11 is 4.09. The molecule has 1 N–H and O–H groups in total. The van der Waals surface area contributed by atoms with Crippen LogP contribution in [0.25, 0.3) is 6.08 Å². The van der Waals surface area contributed by atoms with Crippen LogP contribution in [0.3, 0.4) is 0 Å². The topological polar surface area (TPSA) is 83.9 Å². The second-order valence-corrected chi connectivity index (χ2v) is 6.19. The molecule has 1 aromatic rings. The second kappa shape index (κ2) is 7.35. The van der Waals surface area contributed by atoms with Gasteiger partial charge in [0.25, 0.3) is 11.1 Å². The molecule has 1 heterocycles. The maximum Gasteiger partial charge on any atom is 0.341 e. The molecule has 1 aromatic carbocycles. The van der Waals surface area contributed by atoms with Crippen LogP contribution < -0.4 is 4.74 Å². The van der Waals surface area contributed by atoms with Gasteiger partial charge < -0.3 is 9.84 Å². The van der Waals surface area contributed by atoms with Crippen molar-refractivity contribution in [2.45, 2.75) is 0 Å². The Kier molecular flexibility index (Phi) is 5.47.